The van der Waals surface area contributed by atoms with E-state index in [9.17, 15) is 14.9 Å². The molecule has 2 rings (SSSR count). The van der Waals surface area contributed by atoms with E-state index >= 15 is 0 Å². The van der Waals surface area contributed by atoms with Crippen molar-refractivity contribution in [2.75, 3.05) is 0 Å². The quantitative estimate of drug-likeness (QED) is 0.584. The van der Waals surface area contributed by atoms with Gasteiger partial charge in [0.1, 0.15) is 0 Å². The summed E-state index contributed by atoms with van der Waals surface area (Å²) in [5.41, 5.74) is 0.176. The van der Waals surface area contributed by atoms with Gasteiger partial charge in [0.2, 0.25) is 0 Å². The van der Waals surface area contributed by atoms with E-state index in [4.69, 9.17) is 0 Å². The van der Waals surface area contributed by atoms with Gasteiger partial charge in [0, 0.05) is 6.54 Å². The molecule has 2 aromatic rings. The summed E-state index contributed by atoms with van der Waals surface area (Å²) in [6.45, 7) is 4.04. The van der Waals surface area contributed by atoms with Crippen LogP contribution in [-0.4, -0.2) is 24.9 Å². The van der Waals surface area contributed by atoms with Crippen LogP contribution in [0.4, 0.5) is 5.82 Å². The summed E-state index contributed by atoms with van der Waals surface area (Å²) < 4.78 is 1.54. The lowest BCUT2D eigenvalue weighted by molar-refractivity contribution is -0.391. The summed E-state index contributed by atoms with van der Waals surface area (Å²) in [5.74, 6) is -0.703. The molecule has 16 heavy (non-hydrogen) atoms. The fraction of sp³-hybridized carbons (Fsp3) is 0.375. The van der Waals surface area contributed by atoms with E-state index in [1.807, 2.05) is 6.92 Å². The fourth-order valence-electron chi connectivity index (χ4n) is 1.59. The number of nitrogens with zero attached hydrogens (tertiary/aromatic N) is 4. The molecule has 8 heteroatoms. The lowest BCUT2D eigenvalue weighted by atomic mass is 10.3. The third-order valence-corrected chi connectivity index (χ3v) is 2.30. The zero-order chi connectivity index (χ0) is 11.9. The maximum absolute atomic E-state index is 11.7. The first-order chi connectivity index (χ1) is 7.56. The van der Waals surface area contributed by atoms with Crippen LogP contribution in [0, 0.1) is 17.0 Å². The fourth-order valence-corrected chi connectivity index (χ4v) is 1.59. The monoisotopic (exact) mass is 223 g/mol. The Morgan fingerprint density at radius 3 is 2.81 bits per heavy atom. The van der Waals surface area contributed by atoms with Crippen LogP contribution < -0.4 is 5.43 Å². The number of hydrogen-bond donors (Lipinski definition) is 1. The normalized spacial score (nSPS) is 10.9. The number of aromatic amines is 1. The summed E-state index contributed by atoms with van der Waals surface area (Å²) in [5, 5.41) is 20.8. The highest BCUT2D eigenvalue weighted by Gasteiger charge is 2.21. The molecular weight excluding hydrogens is 214 g/mol. The van der Waals surface area contributed by atoms with Crippen LogP contribution in [0.3, 0.4) is 0 Å². The SMILES string of the molecule is CCn1nc(C)c2c(=O)c([N+](=O)[O-])n[nH]c21. The molecule has 0 aliphatic carbocycles. The number of H-pyrrole nitrogens is 1. The van der Waals surface area contributed by atoms with Gasteiger partial charge in [0.25, 0.3) is 5.43 Å². The lowest BCUT2D eigenvalue weighted by Crippen LogP contribution is -2.12. The van der Waals surface area contributed by atoms with Gasteiger partial charge >= 0.3 is 5.82 Å². The van der Waals surface area contributed by atoms with Crippen LogP contribution in [0.25, 0.3) is 11.0 Å². The van der Waals surface area contributed by atoms with E-state index in [0.717, 1.165) is 0 Å². The van der Waals surface area contributed by atoms with E-state index in [1.165, 1.54) is 0 Å². The Morgan fingerprint density at radius 2 is 2.25 bits per heavy atom. The van der Waals surface area contributed by atoms with Crippen LogP contribution in [0.5, 0.6) is 0 Å². The average Bonchev–Trinajstić information content (AvgIpc) is 2.56. The molecule has 0 aromatic carbocycles. The number of nitro groups is 1. The lowest BCUT2D eigenvalue weighted by Gasteiger charge is -1.95. The minimum absolute atomic E-state index is 0.226. The highest BCUT2D eigenvalue weighted by Crippen LogP contribution is 2.13. The van der Waals surface area contributed by atoms with Crippen LogP contribution in [0.1, 0.15) is 12.6 Å². The summed E-state index contributed by atoms with van der Waals surface area (Å²) in [6.07, 6.45) is 0. The minimum atomic E-state index is -0.805. The van der Waals surface area contributed by atoms with E-state index in [-0.39, 0.29) is 5.39 Å². The highest BCUT2D eigenvalue weighted by atomic mass is 16.6. The second-order valence-corrected chi connectivity index (χ2v) is 3.26. The molecule has 2 heterocycles. The van der Waals surface area contributed by atoms with Gasteiger partial charge in [-0.2, -0.15) is 10.2 Å². The van der Waals surface area contributed by atoms with Crippen molar-refractivity contribution in [3.05, 3.63) is 26.0 Å². The second-order valence-electron chi connectivity index (χ2n) is 3.26. The van der Waals surface area contributed by atoms with Crippen LogP contribution >= 0.6 is 0 Å². The molecule has 0 saturated heterocycles. The standard InChI is InChI=1S/C8H9N5O3/c1-3-12-7-5(4(2)11-12)6(14)8(10-9-7)13(15)16/h3H2,1-2H3,(H,9,14). The maximum Gasteiger partial charge on any atom is 0.436 e. The number of nitrogens with one attached hydrogen (secondary N) is 1. The first kappa shape index (κ1) is 10.3. The van der Waals surface area contributed by atoms with E-state index in [2.05, 4.69) is 15.3 Å². The van der Waals surface area contributed by atoms with Crippen molar-refractivity contribution < 1.29 is 4.92 Å². The molecule has 8 nitrogen and oxygen atoms in total. The van der Waals surface area contributed by atoms with Gasteiger partial charge in [0.05, 0.1) is 16.2 Å². The Labute approximate surface area is 89.0 Å². The molecule has 0 unspecified atom stereocenters. The van der Waals surface area contributed by atoms with Gasteiger partial charge in [-0.15, -0.1) is 0 Å². The van der Waals surface area contributed by atoms with Gasteiger partial charge in [-0.25, -0.2) is 4.68 Å². The van der Waals surface area contributed by atoms with Gasteiger partial charge in [0.15, 0.2) is 5.65 Å². The number of hydrogen-bond acceptors (Lipinski definition) is 5. The number of fused-ring (bicyclic) bond motifs is 1. The molecule has 0 spiro atoms. The summed E-state index contributed by atoms with van der Waals surface area (Å²) in [6, 6.07) is 0. The summed E-state index contributed by atoms with van der Waals surface area (Å²) in [7, 11) is 0. The van der Waals surface area contributed by atoms with E-state index in [0.29, 0.717) is 17.9 Å². The van der Waals surface area contributed by atoms with Crippen LogP contribution in [0.15, 0.2) is 4.79 Å². The van der Waals surface area contributed by atoms with Crippen LogP contribution in [-0.2, 0) is 6.54 Å². The molecule has 84 valence electrons. The molecule has 0 aliphatic heterocycles. The Morgan fingerprint density at radius 1 is 1.56 bits per heavy atom. The van der Waals surface area contributed by atoms with Crippen molar-refractivity contribution in [2.24, 2.45) is 0 Å². The van der Waals surface area contributed by atoms with E-state index < -0.39 is 16.2 Å². The molecule has 0 bridgehead atoms. The van der Waals surface area contributed by atoms with Crippen molar-refractivity contribution >= 4 is 16.9 Å². The molecule has 0 radical (unpaired) electrons. The highest BCUT2D eigenvalue weighted by molar-refractivity contribution is 5.78. The van der Waals surface area contributed by atoms with Gasteiger partial charge in [-0.1, -0.05) is 0 Å². The molecule has 0 atom stereocenters. The maximum atomic E-state index is 11.7. The number of aryl methyl sites for hydroxylation is 2. The number of aromatic nitrogens is 4. The third-order valence-electron chi connectivity index (χ3n) is 2.30. The Kier molecular flexibility index (Phi) is 2.18. The smallest absolute Gasteiger partial charge is 0.358 e. The Bertz CT molecular complexity index is 626. The molecule has 0 fully saturated rings. The van der Waals surface area contributed by atoms with Crippen molar-refractivity contribution in [3.8, 4) is 0 Å². The van der Waals surface area contributed by atoms with Crippen molar-refractivity contribution in [3.63, 3.8) is 0 Å². The molecule has 2 aromatic heterocycles. The van der Waals surface area contributed by atoms with Crippen molar-refractivity contribution in [2.45, 2.75) is 20.4 Å². The Balaban J connectivity index is 2.90. The molecule has 1 N–H and O–H groups in total. The molecule has 0 amide bonds. The van der Waals surface area contributed by atoms with Gasteiger partial charge in [-0.3, -0.25) is 4.79 Å². The van der Waals surface area contributed by atoms with E-state index in [1.54, 1.807) is 11.6 Å². The van der Waals surface area contributed by atoms with Crippen molar-refractivity contribution in [1.82, 2.24) is 20.0 Å². The second kappa shape index (κ2) is 3.40. The van der Waals surface area contributed by atoms with Crippen LogP contribution in [0.2, 0.25) is 0 Å². The topological polar surface area (TPSA) is 107 Å². The average molecular weight is 223 g/mol. The first-order valence-corrected chi connectivity index (χ1v) is 4.66. The zero-order valence-corrected chi connectivity index (χ0v) is 8.72. The minimum Gasteiger partial charge on any atom is -0.358 e. The van der Waals surface area contributed by atoms with Gasteiger partial charge < -0.3 is 10.1 Å². The summed E-state index contributed by atoms with van der Waals surface area (Å²) >= 11 is 0. The first-order valence-electron chi connectivity index (χ1n) is 4.66. The summed E-state index contributed by atoms with van der Waals surface area (Å²) in [4.78, 5) is 21.5. The van der Waals surface area contributed by atoms with Gasteiger partial charge in [-0.05, 0) is 18.8 Å². The predicted octanol–water partition coefficient (Wildman–Crippen LogP) is 0.356. The third kappa shape index (κ3) is 1.27. The molecule has 0 saturated carbocycles. The Hall–Kier alpha value is -2.25. The largest absolute Gasteiger partial charge is 0.436 e. The van der Waals surface area contributed by atoms with Crippen molar-refractivity contribution in [1.29, 1.82) is 0 Å². The predicted molar refractivity (Wildman–Crippen MR) is 55.2 cm³/mol. The molecule has 0 aliphatic rings. The zero-order valence-electron chi connectivity index (χ0n) is 8.72. The molecular formula is C8H9N5O3. The number of rotatable bonds is 2.